The van der Waals surface area contributed by atoms with Crippen LogP contribution in [0.2, 0.25) is 0 Å². The Morgan fingerprint density at radius 2 is 1.55 bits per heavy atom. The van der Waals surface area contributed by atoms with E-state index in [4.69, 9.17) is 5.73 Å². The van der Waals surface area contributed by atoms with Gasteiger partial charge in [-0.1, -0.05) is 67.7 Å². The number of rotatable bonds is 12. The van der Waals surface area contributed by atoms with Gasteiger partial charge >= 0.3 is 6.03 Å². The summed E-state index contributed by atoms with van der Waals surface area (Å²) in [6.07, 6.45) is 7.10. The number of hydrogen-bond donors (Lipinski definition) is 4. The van der Waals surface area contributed by atoms with E-state index in [9.17, 15) is 28.8 Å². The summed E-state index contributed by atoms with van der Waals surface area (Å²) in [6.45, 7) is 13.3. The van der Waals surface area contributed by atoms with Gasteiger partial charge in [-0.25, -0.2) is 4.79 Å². The van der Waals surface area contributed by atoms with Crippen molar-refractivity contribution in [2.24, 2.45) is 28.4 Å². The second-order valence-corrected chi connectivity index (χ2v) is 16.4. The molecule has 11 nitrogen and oxygen atoms in total. The number of Topliss-reactive ketones (excluding diaryl/α,β-unsaturated/α-hetero) is 2. The lowest BCUT2D eigenvalue weighted by Gasteiger charge is -2.41. The van der Waals surface area contributed by atoms with Gasteiger partial charge in [0, 0.05) is 23.9 Å². The molecule has 3 fully saturated rings. The van der Waals surface area contributed by atoms with E-state index in [1.165, 1.54) is 16.7 Å². The number of likely N-dealkylation sites (tertiary alicyclic amines) is 1. The number of nitrogens with two attached hydrogens (primary N) is 1. The van der Waals surface area contributed by atoms with Crippen LogP contribution >= 0.6 is 11.8 Å². The number of primary amides is 1. The maximum absolute atomic E-state index is 14.1. The Bertz CT molecular complexity index is 1120. The molecule has 2 aliphatic carbocycles. The number of thioether (sulfide) groups is 1. The minimum absolute atomic E-state index is 0.0754. The molecule has 2 saturated carbocycles. The summed E-state index contributed by atoms with van der Waals surface area (Å²) in [7, 11) is 0. The van der Waals surface area contributed by atoms with Crippen LogP contribution in [-0.4, -0.2) is 75.5 Å². The molecule has 4 atom stereocenters. The largest absolute Gasteiger partial charge is 0.363 e. The summed E-state index contributed by atoms with van der Waals surface area (Å²) in [5.74, 6) is -1.97. The molecule has 1 saturated heterocycles. The number of nitrogens with one attached hydrogen (secondary N) is 3. The van der Waals surface area contributed by atoms with E-state index < -0.39 is 63.4 Å². The maximum atomic E-state index is 14.1. The van der Waals surface area contributed by atoms with E-state index in [1.54, 1.807) is 0 Å². The predicted molar refractivity (Wildman–Crippen MR) is 170 cm³/mol. The van der Waals surface area contributed by atoms with Crippen molar-refractivity contribution in [3.63, 3.8) is 0 Å². The van der Waals surface area contributed by atoms with Crippen molar-refractivity contribution in [1.29, 1.82) is 0 Å². The van der Waals surface area contributed by atoms with Gasteiger partial charge in [0.1, 0.15) is 23.2 Å². The third kappa shape index (κ3) is 9.44. The fourth-order valence-electron chi connectivity index (χ4n) is 6.01. The molecule has 44 heavy (non-hydrogen) atoms. The molecular formula is C32H53N5O6S. The quantitative estimate of drug-likeness (QED) is 0.189. The van der Waals surface area contributed by atoms with Gasteiger partial charge < -0.3 is 26.6 Å². The van der Waals surface area contributed by atoms with E-state index in [2.05, 4.69) is 16.0 Å². The third-order valence-corrected chi connectivity index (χ3v) is 10.4. The number of carbonyl (C=O) groups is 6. The fourth-order valence-corrected chi connectivity index (χ4v) is 7.27. The van der Waals surface area contributed by atoms with Crippen LogP contribution in [0.1, 0.15) is 106 Å². The van der Waals surface area contributed by atoms with Gasteiger partial charge in [-0.15, -0.1) is 11.8 Å². The summed E-state index contributed by atoms with van der Waals surface area (Å²) >= 11 is 1.19. The molecule has 1 unspecified atom stereocenters. The summed E-state index contributed by atoms with van der Waals surface area (Å²) < 4.78 is 0. The zero-order chi connectivity index (χ0) is 33.0. The average Bonchev–Trinajstić information content (AvgIpc) is 3.66. The van der Waals surface area contributed by atoms with Gasteiger partial charge in [-0.05, 0) is 55.1 Å². The van der Waals surface area contributed by atoms with Gasteiger partial charge in [-0.2, -0.15) is 0 Å². The Labute approximate surface area is 266 Å². The summed E-state index contributed by atoms with van der Waals surface area (Å²) in [5, 5.41) is 7.58. The second-order valence-electron chi connectivity index (χ2n) is 15.2. The third-order valence-electron chi connectivity index (χ3n) is 9.11. The monoisotopic (exact) mass is 635 g/mol. The molecule has 5 N–H and O–H groups in total. The number of carbonyl (C=O) groups excluding carboxylic acids is 6. The normalized spacial score (nSPS) is 23.3. The molecule has 0 aromatic rings. The van der Waals surface area contributed by atoms with Crippen LogP contribution in [0, 0.1) is 22.7 Å². The lowest BCUT2D eigenvalue weighted by Crippen LogP contribution is -2.62. The number of amides is 5. The molecule has 1 heterocycles. The Kier molecular flexibility index (Phi) is 11.6. The second kappa shape index (κ2) is 14.2. The van der Waals surface area contributed by atoms with Gasteiger partial charge in [0.25, 0.3) is 11.7 Å². The molecule has 12 heteroatoms. The molecule has 248 valence electrons. The predicted octanol–water partition coefficient (Wildman–Crippen LogP) is 3.29. The lowest BCUT2D eigenvalue weighted by atomic mass is 9.74. The number of urea groups is 1. The van der Waals surface area contributed by atoms with Crippen molar-refractivity contribution >= 4 is 47.1 Å². The Morgan fingerprint density at radius 3 is 2.07 bits per heavy atom. The first-order valence-corrected chi connectivity index (χ1v) is 17.1. The van der Waals surface area contributed by atoms with E-state index in [0.717, 1.165) is 32.1 Å². The smallest absolute Gasteiger partial charge is 0.315 e. The van der Waals surface area contributed by atoms with E-state index >= 15 is 0 Å². The first-order chi connectivity index (χ1) is 20.3. The molecule has 1 aliphatic heterocycles. The van der Waals surface area contributed by atoms with Crippen molar-refractivity contribution < 1.29 is 28.8 Å². The van der Waals surface area contributed by atoms with E-state index in [0.29, 0.717) is 37.5 Å². The molecule has 0 bridgehead atoms. The highest BCUT2D eigenvalue weighted by Crippen LogP contribution is 2.36. The van der Waals surface area contributed by atoms with Gasteiger partial charge in [0.2, 0.25) is 11.8 Å². The van der Waals surface area contributed by atoms with Crippen LogP contribution in [0.25, 0.3) is 0 Å². The Morgan fingerprint density at radius 1 is 0.932 bits per heavy atom. The Hall–Kier alpha value is -2.63. The molecular weight excluding hydrogens is 582 g/mol. The zero-order valence-electron chi connectivity index (χ0n) is 27.5. The average molecular weight is 636 g/mol. The molecule has 3 aliphatic rings. The van der Waals surface area contributed by atoms with Crippen LogP contribution in [0.3, 0.4) is 0 Å². The topological polar surface area (TPSA) is 168 Å². The molecule has 5 amide bonds. The maximum Gasteiger partial charge on any atom is 0.315 e. The Balaban J connectivity index is 1.77. The van der Waals surface area contributed by atoms with E-state index in [1.807, 2.05) is 48.5 Å². The van der Waals surface area contributed by atoms with Crippen molar-refractivity contribution in [3.05, 3.63) is 0 Å². The van der Waals surface area contributed by atoms with Crippen LogP contribution in [-0.2, 0) is 24.0 Å². The minimum atomic E-state index is -1.12. The summed E-state index contributed by atoms with van der Waals surface area (Å²) in [6, 6.07) is -2.36. The van der Waals surface area contributed by atoms with Crippen molar-refractivity contribution in [2.75, 3.05) is 12.3 Å². The highest BCUT2D eigenvalue weighted by molar-refractivity contribution is 8.00. The van der Waals surface area contributed by atoms with Gasteiger partial charge in [0.05, 0.1) is 0 Å². The summed E-state index contributed by atoms with van der Waals surface area (Å²) in [4.78, 5) is 80.0. The van der Waals surface area contributed by atoms with Gasteiger partial charge in [0.15, 0.2) is 0 Å². The van der Waals surface area contributed by atoms with E-state index in [-0.39, 0.29) is 18.1 Å². The minimum Gasteiger partial charge on any atom is -0.363 e. The first kappa shape index (κ1) is 35.8. The van der Waals surface area contributed by atoms with Crippen molar-refractivity contribution in [1.82, 2.24) is 20.9 Å². The van der Waals surface area contributed by atoms with Crippen LogP contribution < -0.4 is 21.7 Å². The number of nitrogens with zero attached hydrogens (tertiary/aromatic N) is 1. The lowest BCUT2D eigenvalue weighted by molar-refractivity contribution is -0.143. The zero-order valence-corrected chi connectivity index (χ0v) is 28.4. The van der Waals surface area contributed by atoms with Crippen LogP contribution in [0.4, 0.5) is 4.79 Å². The molecule has 0 aromatic heterocycles. The SMILES string of the molecule is C[C@H]1CCN(C(=O)[C@@H](NC(=O)NC2(CC(=O)C(C)(C)C)CCCCC2)C(C)(C)C)[C@@H]1C(=O)NC(SCC1CC1)C(=O)C(N)=O. The number of hydrogen-bond acceptors (Lipinski definition) is 7. The molecule has 0 aromatic carbocycles. The first-order valence-electron chi connectivity index (χ1n) is 16.0. The standard InChI is InChI=1S/C32H53N5O6S/c1-19-13-16-37(22(19)26(41)35-27(23(39)25(33)40)44-18-20-11-12-20)28(42)24(31(5,6)7)34-29(43)36-32(14-9-8-10-15-32)17-21(38)30(2,3)4/h19-20,22,24,27H,8-18H2,1-7H3,(H2,33,40)(H,35,41)(H2,34,36,43)/t19-,22-,24+,27?/m0/s1. The van der Waals surface area contributed by atoms with Crippen LogP contribution in [0.5, 0.6) is 0 Å². The highest BCUT2D eigenvalue weighted by atomic mass is 32.2. The summed E-state index contributed by atoms with van der Waals surface area (Å²) in [5.41, 5.74) is 3.35. The molecule has 0 spiro atoms. The van der Waals surface area contributed by atoms with Gasteiger partial charge in [-0.3, -0.25) is 24.0 Å². The highest BCUT2D eigenvalue weighted by Gasteiger charge is 2.46. The number of ketones is 2. The molecule has 3 rings (SSSR count). The van der Waals surface area contributed by atoms with Crippen molar-refractivity contribution in [2.45, 2.75) is 129 Å². The van der Waals surface area contributed by atoms with Crippen molar-refractivity contribution in [3.8, 4) is 0 Å². The molecule has 0 radical (unpaired) electrons. The van der Waals surface area contributed by atoms with Crippen LogP contribution in [0.15, 0.2) is 0 Å². The fraction of sp³-hybridized carbons (Fsp3) is 0.812.